The number of aromatic hydroxyl groups is 1. The van der Waals surface area contributed by atoms with E-state index in [1.807, 2.05) is 24.4 Å². The van der Waals surface area contributed by atoms with E-state index in [0.717, 1.165) is 38.9 Å². The Hall–Kier alpha value is -5.46. The number of ether oxygens (including phenoxy) is 2. The molecule has 0 saturated carbocycles. The number of carbonyl (C=O) groups excluding carboxylic acids is 4. The molecule has 2 aromatic carbocycles. The first-order valence-corrected chi connectivity index (χ1v) is 21.2. The van der Waals surface area contributed by atoms with Crippen LogP contribution in [0, 0.1) is 22.8 Å². The number of nitrogens with two attached hydrogens (primary N) is 1. The predicted octanol–water partition coefficient (Wildman–Crippen LogP) is 4.10. The minimum Gasteiger partial charge on any atom is -0.508 e. The Morgan fingerprint density at radius 1 is 1.15 bits per heavy atom. The van der Waals surface area contributed by atoms with Crippen molar-refractivity contribution in [2.45, 2.75) is 91.6 Å². The van der Waals surface area contributed by atoms with Crippen molar-refractivity contribution < 1.29 is 33.8 Å². The van der Waals surface area contributed by atoms with Gasteiger partial charge in [0, 0.05) is 67.9 Å². The number of rotatable bonds is 10. The van der Waals surface area contributed by atoms with Gasteiger partial charge in [0.1, 0.15) is 30.4 Å². The Balaban J connectivity index is 0.00000385. The van der Waals surface area contributed by atoms with Crippen LogP contribution in [0.5, 0.6) is 5.75 Å². The molecule has 4 heterocycles. The maximum atomic E-state index is 14.6. The average molecular weight is 965 g/mol. The average Bonchev–Trinajstić information content (AvgIpc) is 3.55. The van der Waals surface area contributed by atoms with Crippen LogP contribution in [0.4, 0.5) is 0 Å². The first-order valence-electron chi connectivity index (χ1n) is 21.2. The first kappa shape index (κ1) is 54.9. The molecular weight excluding hydrogens is 901 g/mol. The number of carbonyl (C=O) groups is 4. The van der Waals surface area contributed by atoms with Gasteiger partial charge in [0.05, 0.1) is 18.9 Å². The van der Waals surface area contributed by atoms with Gasteiger partial charge < -0.3 is 35.1 Å². The quantitative estimate of drug-likeness (QED) is 0.0498. The lowest BCUT2D eigenvalue weighted by Crippen LogP contribution is -2.62. The summed E-state index contributed by atoms with van der Waals surface area (Å²) in [5.41, 5.74) is 15.2. The number of hydrazine groups is 1. The second kappa shape index (κ2) is 23.8. The number of cyclic esters (lactones) is 1. The molecule has 20 heteroatoms. The van der Waals surface area contributed by atoms with E-state index >= 15 is 0 Å². The molecule has 66 heavy (non-hydrogen) atoms. The molecule has 4 aromatic rings. The highest BCUT2D eigenvalue weighted by molar-refractivity contribution is 7.59. The number of phenols is 1. The first-order chi connectivity index (χ1) is 30.0. The van der Waals surface area contributed by atoms with E-state index in [1.54, 1.807) is 45.5 Å². The highest BCUT2D eigenvalue weighted by atomic mass is 32.1. The molecule has 2 aliphatic heterocycles. The minimum absolute atomic E-state index is 0. The van der Waals surface area contributed by atoms with Crippen LogP contribution in [-0.4, -0.2) is 106 Å². The number of hydrogen-bond donors (Lipinski definition) is 5. The molecule has 1 saturated heterocycles. The predicted molar refractivity (Wildman–Crippen MR) is 268 cm³/mol. The number of guanidine groups is 1. The fourth-order valence-electron chi connectivity index (χ4n) is 8.63. The lowest BCUT2D eigenvalue weighted by Gasteiger charge is -2.36. The van der Waals surface area contributed by atoms with Gasteiger partial charge in [-0.05, 0) is 90.3 Å². The fraction of sp³-hybridized carbons (Fsp3) is 0.457. The number of fused-ring (bicyclic) bond motifs is 6. The van der Waals surface area contributed by atoms with Crippen molar-refractivity contribution in [3.63, 3.8) is 0 Å². The number of aromatic nitrogens is 2. The highest BCUT2D eigenvalue weighted by Gasteiger charge is 2.37. The number of benzene rings is 2. The lowest BCUT2D eigenvalue weighted by atomic mass is 9.84. The van der Waals surface area contributed by atoms with Gasteiger partial charge in [0.25, 0.3) is 5.91 Å². The maximum Gasteiger partial charge on any atom is 0.324 e. The zero-order valence-electron chi connectivity index (χ0n) is 38.5. The summed E-state index contributed by atoms with van der Waals surface area (Å²) in [7, 11) is 3.12. The molecule has 2 aliphatic rings. The maximum absolute atomic E-state index is 14.6. The molecule has 3 atom stereocenters. The van der Waals surface area contributed by atoms with Gasteiger partial charge in [-0.3, -0.25) is 34.5 Å². The van der Waals surface area contributed by atoms with Crippen LogP contribution < -0.4 is 21.8 Å². The van der Waals surface area contributed by atoms with Crippen LogP contribution in [-0.2, 0) is 54.6 Å². The molecular formula is C46H64N10O7S3. The van der Waals surface area contributed by atoms with E-state index in [2.05, 4.69) is 63.5 Å². The molecule has 0 spiro atoms. The van der Waals surface area contributed by atoms with E-state index in [9.17, 15) is 24.3 Å². The number of amides is 3. The molecule has 17 nitrogen and oxygen atoms in total. The number of likely N-dealkylation sites (N-methyl/N-ethyl adjacent to an activating group) is 1. The van der Waals surface area contributed by atoms with Gasteiger partial charge >= 0.3 is 5.97 Å². The van der Waals surface area contributed by atoms with Crippen molar-refractivity contribution >= 4 is 81.0 Å². The summed E-state index contributed by atoms with van der Waals surface area (Å²) in [6, 6.07) is 10.2. The standard InChI is InChI=1S/C46H58N10O7.3H2S/c1-8-55-38-12-11-29-20-33(38)34(41(55)35-22-49-14-13-30(35)24-62-7)21-46(4,5)25-63-44(61)36-10-9-15-56(53-36)43(60)37(18-28-16-31(29)19-32(57)17-28)52-42(59)40(27(2)3)54(6)39(58)23-50-45(48)51-26-47;;;/h11-14,16-17,19-20,22,27,36-37,40,53,57H,8-10,15,18,21,23-25H2,1-7H3,(H,52,59)(H3,48,50,51);3*1H2/t36-,37-,40-;;;/m0.../s1. The Labute approximate surface area is 407 Å². The van der Waals surface area contributed by atoms with Gasteiger partial charge in [-0.25, -0.2) is 10.4 Å². The van der Waals surface area contributed by atoms with Crippen LogP contribution in [0.2, 0.25) is 0 Å². The summed E-state index contributed by atoms with van der Waals surface area (Å²) in [5.74, 6) is -2.82. The van der Waals surface area contributed by atoms with E-state index < -0.39 is 59.7 Å². The molecule has 0 unspecified atom stereocenters. The van der Waals surface area contributed by atoms with E-state index in [4.69, 9.17) is 20.5 Å². The molecule has 6 bridgehead atoms. The molecule has 2 aromatic heterocycles. The summed E-state index contributed by atoms with van der Waals surface area (Å²) in [5, 5.41) is 27.5. The summed E-state index contributed by atoms with van der Waals surface area (Å²) in [4.78, 5) is 65.5. The van der Waals surface area contributed by atoms with Crippen LogP contribution in [0.15, 0.2) is 59.9 Å². The Morgan fingerprint density at radius 2 is 1.89 bits per heavy atom. The summed E-state index contributed by atoms with van der Waals surface area (Å²) in [6.45, 7) is 10.7. The third-order valence-electron chi connectivity index (χ3n) is 11.6. The summed E-state index contributed by atoms with van der Waals surface area (Å²) >= 11 is 0. The number of esters is 1. The van der Waals surface area contributed by atoms with Crippen LogP contribution in [0.1, 0.15) is 64.2 Å². The molecule has 358 valence electrons. The van der Waals surface area contributed by atoms with Crippen LogP contribution in [0.3, 0.4) is 0 Å². The fourth-order valence-corrected chi connectivity index (χ4v) is 8.63. The van der Waals surface area contributed by atoms with Crippen molar-refractivity contribution in [3.8, 4) is 34.3 Å². The summed E-state index contributed by atoms with van der Waals surface area (Å²) in [6.07, 6.45) is 6.67. The third kappa shape index (κ3) is 12.5. The van der Waals surface area contributed by atoms with Gasteiger partial charge in [0.2, 0.25) is 17.8 Å². The van der Waals surface area contributed by atoms with Crippen LogP contribution in [0.25, 0.3) is 33.3 Å². The van der Waals surface area contributed by atoms with Crippen molar-refractivity contribution in [2.24, 2.45) is 22.1 Å². The number of nitrogens with zero attached hydrogens (tertiary/aromatic N) is 6. The number of phenolic OH excluding ortho intramolecular Hbond substituents is 1. The van der Waals surface area contributed by atoms with E-state index in [0.29, 0.717) is 43.5 Å². The second-order valence-electron chi connectivity index (χ2n) is 17.3. The number of aryl methyl sites for hydroxylation is 1. The third-order valence-corrected chi connectivity index (χ3v) is 11.6. The second-order valence-corrected chi connectivity index (χ2v) is 17.3. The Kier molecular flexibility index (Phi) is 19.8. The molecule has 0 radical (unpaired) electrons. The minimum atomic E-state index is -1.19. The highest BCUT2D eigenvalue weighted by Crippen LogP contribution is 2.41. The smallest absolute Gasteiger partial charge is 0.324 e. The van der Waals surface area contributed by atoms with E-state index in [-0.39, 0.29) is 71.8 Å². The molecule has 6 N–H and O–H groups in total. The topological polar surface area (TPSA) is 230 Å². The van der Waals surface area contributed by atoms with Crippen molar-refractivity contribution in [1.29, 1.82) is 5.26 Å². The normalized spacial score (nSPS) is 17.7. The number of nitrogens with one attached hydrogen (secondary N) is 3. The lowest BCUT2D eigenvalue weighted by molar-refractivity contribution is -0.155. The monoisotopic (exact) mass is 964 g/mol. The molecule has 3 amide bonds. The molecule has 0 aliphatic carbocycles. The summed E-state index contributed by atoms with van der Waals surface area (Å²) < 4.78 is 13.9. The van der Waals surface area contributed by atoms with Gasteiger partial charge in [-0.2, -0.15) is 45.7 Å². The number of nitriles is 1. The molecule has 1 fully saturated rings. The van der Waals surface area contributed by atoms with Gasteiger partial charge in [-0.1, -0.05) is 39.8 Å². The van der Waals surface area contributed by atoms with Crippen LogP contribution >= 0.6 is 40.5 Å². The SMILES string of the molecule is CCn1c(-c2cnccc2COC)c2c3cc(ccc31)-c1cc(O)cc(c1)C[C@H](NC(=O)[C@H](C(C)C)N(C)C(=O)CN=C(N)NC#N)C(=O)N1CCC[C@H](N1)C(=O)OCC(C)(C)C2.S.S.S. The zero-order valence-corrected chi connectivity index (χ0v) is 41.5. The number of pyridine rings is 1. The van der Waals surface area contributed by atoms with Crippen molar-refractivity contribution in [2.75, 3.05) is 33.9 Å². The van der Waals surface area contributed by atoms with Gasteiger partial charge in [0.15, 0.2) is 6.19 Å². The van der Waals surface area contributed by atoms with E-state index in [1.165, 1.54) is 17.0 Å². The number of aliphatic imine (C=N–C) groups is 1. The molecule has 6 rings (SSSR count). The Bertz CT molecular complexity index is 2450. The number of hydrogen-bond acceptors (Lipinski definition) is 11. The van der Waals surface area contributed by atoms with Crippen molar-refractivity contribution in [3.05, 3.63) is 71.5 Å². The van der Waals surface area contributed by atoms with Crippen molar-refractivity contribution in [1.82, 2.24) is 35.5 Å². The number of methoxy groups -OCH3 is 1. The largest absolute Gasteiger partial charge is 0.508 e. The zero-order chi connectivity index (χ0) is 45.6. The van der Waals surface area contributed by atoms with Gasteiger partial charge in [-0.15, -0.1) is 0 Å². The Morgan fingerprint density at radius 3 is 2.58 bits per heavy atom.